The van der Waals surface area contributed by atoms with Gasteiger partial charge in [-0.25, -0.2) is 13.2 Å². The maximum absolute atomic E-state index is 12.9. The van der Waals surface area contributed by atoms with Crippen LogP contribution < -0.4 is 4.74 Å². The number of carbonyl (C=O) groups excluding carboxylic acids is 1. The van der Waals surface area contributed by atoms with Gasteiger partial charge in [-0.05, 0) is 67.5 Å². The number of sulfonamides is 1. The molecule has 0 unspecified atom stereocenters. The third-order valence-electron chi connectivity index (χ3n) is 8.25. The first-order valence-corrected chi connectivity index (χ1v) is 17.3. The maximum atomic E-state index is 12.9. The Morgan fingerprint density at radius 3 is 2.55 bits per heavy atom. The van der Waals surface area contributed by atoms with Crippen LogP contribution in [-0.2, 0) is 42.0 Å². The van der Waals surface area contributed by atoms with Gasteiger partial charge < -0.3 is 28.6 Å². The number of morpholine rings is 1. The van der Waals surface area contributed by atoms with Crippen LogP contribution in [0.4, 0.5) is 4.79 Å². The predicted octanol–water partition coefficient (Wildman–Crippen LogP) is 5.45. The number of hydrogen-bond donors (Lipinski definition) is 0. The summed E-state index contributed by atoms with van der Waals surface area (Å²) >= 11 is 0. The Kier molecular flexibility index (Phi) is 11.2. The Balaban J connectivity index is 0.908. The summed E-state index contributed by atoms with van der Waals surface area (Å²) < 4.78 is 55.7. The number of aryl methyl sites for hydroxylation is 1. The molecule has 1 atom stereocenters. The van der Waals surface area contributed by atoms with E-state index >= 15 is 0 Å². The summed E-state index contributed by atoms with van der Waals surface area (Å²) in [7, 11) is -3.47. The molecule has 0 aromatic heterocycles. The van der Waals surface area contributed by atoms with Crippen LogP contribution in [0.15, 0.2) is 47.4 Å². The fraction of sp³-hybridized carbons (Fsp3) is 0.606. The van der Waals surface area contributed by atoms with Gasteiger partial charge in [0.25, 0.3) is 0 Å². The molecule has 11 heteroatoms. The standard InChI is InChI=1S/C33H46N2O8S/c1-33(2)41-25-28-23-27(13-14-30(28)43-33)31-24-34(32(36)42-31)15-6-3-4-7-18-39-19-8-5-10-26-11-9-12-29(22-26)44(37,38)35-16-20-40-21-17-35/h9,11-14,22-23,31H,3-8,10,15-21,24-25H2,1-2H3/t31-/m0/s1. The van der Waals surface area contributed by atoms with Gasteiger partial charge in [-0.2, -0.15) is 4.31 Å². The van der Waals surface area contributed by atoms with E-state index in [1.165, 1.54) is 4.31 Å². The van der Waals surface area contributed by atoms with E-state index in [2.05, 4.69) is 0 Å². The van der Waals surface area contributed by atoms with Crippen molar-refractivity contribution in [1.29, 1.82) is 0 Å². The van der Waals surface area contributed by atoms with Crippen molar-refractivity contribution in [3.8, 4) is 5.75 Å². The maximum Gasteiger partial charge on any atom is 0.410 e. The SMILES string of the molecule is CC1(C)OCc2cc([C@@H]3CN(CCCCCCOCCCCc4cccc(S(=O)(=O)N5CCOCC5)c4)C(=O)O3)ccc2O1. The van der Waals surface area contributed by atoms with Crippen LogP contribution in [0.3, 0.4) is 0 Å². The second-order valence-electron chi connectivity index (χ2n) is 12.1. The van der Waals surface area contributed by atoms with Crippen molar-refractivity contribution in [3.63, 3.8) is 0 Å². The van der Waals surface area contributed by atoms with E-state index in [4.69, 9.17) is 23.7 Å². The molecule has 3 aliphatic heterocycles. The summed E-state index contributed by atoms with van der Waals surface area (Å²) in [6.45, 7) is 8.63. The van der Waals surface area contributed by atoms with E-state index in [0.717, 1.165) is 74.0 Å². The first-order chi connectivity index (χ1) is 21.2. The third-order valence-corrected chi connectivity index (χ3v) is 10.1. The number of cyclic esters (lactones) is 1. The number of benzene rings is 2. The average molecular weight is 631 g/mol. The number of carbonyl (C=O) groups is 1. The van der Waals surface area contributed by atoms with Crippen LogP contribution in [0.5, 0.6) is 5.75 Å². The number of unbranched alkanes of at least 4 members (excludes halogenated alkanes) is 4. The normalized spacial score (nSPS) is 20.3. The Bertz CT molecular complexity index is 1360. The second-order valence-corrected chi connectivity index (χ2v) is 14.1. The van der Waals surface area contributed by atoms with Crippen molar-refractivity contribution in [1.82, 2.24) is 9.21 Å². The molecule has 3 aliphatic rings. The summed E-state index contributed by atoms with van der Waals surface area (Å²) in [5, 5.41) is 0. The van der Waals surface area contributed by atoms with Gasteiger partial charge in [0.1, 0.15) is 11.9 Å². The van der Waals surface area contributed by atoms with Crippen molar-refractivity contribution in [2.24, 2.45) is 0 Å². The summed E-state index contributed by atoms with van der Waals surface area (Å²) in [6, 6.07) is 13.2. The largest absolute Gasteiger partial charge is 0.463 e. The van der Waals surface area contributed by atoms with Crippen LogP contribution >= 0.6 is 0 Å². The zero-order valence-corrected chi connectivity index (χ0v) is 26.8. The molecule has 2 aromatic carbocycles. The summed E-state index contributed by atoms with van der Waals surface area (Å²) in [5.41, 5.74) is 2.97. The third kappa shape index (κ3) is 8.72. The highest BCUT2D eigenvalue weighted by Gasteiger charge is 2.34. The molecule has 5 rings (SSSR count). The minimum Gasteiger partial charge on any atom is -0.463 e. The van der Waals surface area contributed by atoms with Crippen molar-refractivity contribution < 1.29 is 36.9 Å². The minimum absolute atomic E-state index is 0.255. The molecule has 10 nitrogen and oxygen atoms in total. The molecule has 0 spiro atoms. The quantitative estimate of drug-likeness (QED) is 0.240. The zero-order valence-electron chi connectivity index (χ0n) is 26.0. The first kappa shape index (κ1) is 32.7. The fourth-order valence-electron chi connectivity index (χ4n) is 5.72. The van der Waals surface area contributed by atoms with Crippen LogP contribution in [0, 0.1) is 0 Å². The number of amides is 1. The first-order valence-electron chi connectivity index (χ1n) is 15.9. The number of hydrogen-bond acceptors (Lipinski definition) is 8. The van der Waals surface area contributed by atoms with Gasteiger partial charge in [-0.1, -0.05) is 31.0 Å². The van der Waals surface area contributed by atoms with E-state index < -0.39 is 15.8 Å². The second kappa shape index (κ2) is 15.1. The van der Waals surface area contributed by atoms with Gasteiger partial charge in [0, 0.05) is 52.3 Å². The smallest absolute Gasteiger partial charge is 0.410 e. The lowest BCUT2D eigenvalue weighted by Gasteiger charge is -2.32. The Hall–Kier alpha value is -2.70. The molecule has 242 valence electrons. The van der Waals surface area contributed by atoms with Crippen molar-refractivity contribution >= 4 is 16.1 Å². The van der Waals surface area contributed by atoms with E-state index in [-0.39, 0.29) is 12.2 Å². The molecule has 44 heavy (non-hydrogen) atoms. The van der Waals surface area contributed by atoms with Gasteiger partial charge in [0.05, 0.1) is 31.3 Å². The van der Waals surface area contributed by atoms with Crippen molar-refractivity contribution in [3.05, 3.63) is 59.2 Å². The highest BCUT2D eigenvalue weighted by atomic mass is 32.2. The van der Waals surface area contributed by atoms with Gasteiger partial charge >= 0.3 is 6.09 Å². The number of fused-ring (bicyclic) bond motifs is 1. The van der Waals surface area contributed by atoms with Gasteiger partial charge in [-0.3, -0.25) is 0 Å². The molecule has 0 radical (unpaired) electrons. The molecule has 1 amide bonds. The van der Waals surface area contributed by atoms with Gasteiger partial charge in [0.15, 0.2) is 0 Å². The average Bonchev–Trinajstić information content (AvgIpc) is 3.39. The van der Waals surface area contributed by atoms with Crippen LogP contribution in [-0.4, -0.2) is 82.1 Å². The topological polar surface area (TPSA) is 104 Å². The molecule has 0 bridgehead atoms. The Morgan fingerprint density at radius 1 is 0.955 bits per heavy atom. The summed E-state index contributed by atoms with van der Waals surface area (Å²) in [4.78, 5) is 14.6. The lowest BCUT2D eigenvalue weighted by atomic mass is 10.0. The molecule has 2 aromatic rings. The summed E-state index contributed by atoms with van der Waals surface area (Å²) in [6.07, 6.45) is 6.18. The van der Waals surface area contributed by atoms with Gasteiger partial charge in [-0.15, -0.1) is 0 Å². The highest BCUT2D eigenvalue weighted by Crippen LogP contribution is 2.35. The Labute approximate surface area is 261 Å². The number of nitrogens with zero attached hydrogens (tertiary/aromatic N) is 2. The molecular weight excluding hydrogens is 584 g/mol. The lowest BCUT2D eigenvalue weighted by molar-refractivity contribution is -0.180. The van der Waals surface area contributed by atoms with Gasteiger partial charge in [0.2, 0.25) is 15.8 Å². The monoisotopic (exact) mass is 630 g/mol. The Morgan fingerprint density at radius 2 is 1.73 bits per heavy atom. The number of ether oxygens (including phenoxy) is 5. The molecule has 0 aliphatic carbocycles. The fourth-order valence-corrected chi connectivity index (χ4v) is 7.19. The molecule has 2 fully saturated rings. The minimum atomic E-state index is -3.47. The molecular formula is C33H46N2O8S. The summed E-state index contributed by atoms with van der Waals surface area (Å²) in [5.74, 6) is 0.181. The predicted molar refractivity (Wildman–Crippen MR) is 165 cm³/mol. The van der Waals surface area contributed by atoms with E-state index in [1.54, 1.807) is 17.0 Å². The lowest BCUT2D eigenvalue weighted by Crippen LogP contribution is -2.40. The zero-order chi connectivity index (χ0) is 31.0. The van der Waals surface area contributed by atoms with Crippen LogP contribution in [0.2, 0.25) is 0 Å². The molecule has 3 heterocycles. The van der Waals surface area contributed by atoms with Crippen molar-refractivity contribution in [2.75, 3.05) is 52.6 Å². The molecule has 2 saturated heterocycles. The van der Waals surface area contributed by atoms with Crippen LogP contribution in [0.25, 0.3) is 0 Å². The number of rotatable bonds is 15. The molecule has 0 N–H and O–H groups in total. The van der Waals surface area contributed by atoms with Crippen molar-refractivity contribution in [2.45, 2.75) is 82.2 Å². The van der Waals surface area contributed by atoms with Crippen LogP contribution in [0.1, 0.15) is 75.2 Å². The van der Waals surface area contributed by atoms with E-state index in [1.807, 2.05) is 44.2 Å². The van der Waals surface area contributed by atoms with E-state index in [0.29, 0.717) is 57.5 Å². The highest BCUT2D eigenvalue weighted by molar-refractivity contribution is 7.89. The van der Waals surface area contributed by atoms with E-state index in [9.17, 15) is 13.2 Å². The molecule has 0 saturated carbocycles.